The minimum Gasteiger partial charge on any atom is -0.222 e. The number of hydrogen-bond donors (Lipinski definition) is 0. The molecular weight excluding hydrogens is 263 g/mol. The SMILES string of the molecule is FC(F)(F)c1cnn2ccc(Br)nc12. The van der Waals surface area contributed by atoms with Crippen molar-refractivity contribution in [3.63, 3.8) is 0 Å². The number of nitrogens with zero attached hydrogens (tertiary/aromatic N) is 3. The summed E-state index contributed by atoms with van der Waals surface area (Å²) in [4.78, 5) is 3.70. The first-order valence-electron chi connectivity index (χ1n) is 3.55. The van der Waals surface area contributed by atoms with E-state index in [9.17, 15) is 13.2 Å². The average Bonchev–Trinajstić information content (AvgIpc) is 2.45. The molecule has 0 N–H and O–H groups in total. The molecule has 2 aromatic rings. The van der Waals surface area contributed by atoms with Crippen LogP contribution in [0.2, 0.25) is 0 Å². The third-order valence-electron chi connectivity index (χ3n) is 1.64. The molecule has 2 heterocycles. The lowest BCUT2D eigenvalue weighted by molar-refractivity contribution is -0.136. The van der Waals surface area contributed by atoms with E-state index in [4.69, 9.17) is 0 Å². The maximum atomic E-state index is 12.4. The van der Waals surface area contributed by atoms with E-state index in [1.54, 1.807) is 0 Å². The molecule has 0 aromatic carbocycles. The highest BCUT2D eigenvalue weighted by Crippen LogP contribution is 2.31. The minimum atomic E-state index is -4.42. The Morgan fingerprint density at radius 2 is 2.07 bits per heavy atom. The van der Waals surface area contributed by atoms with Crippen molar-refractivity contribution in [2.75, 3.05) is 0 Å². The summed E-state index contributed by atoms with van der Waals surface area (Å²) >= 11 is 3.00. The molecular formula is C7H3BrF3N3. The van der Waals surface area contributed by atoms with Crippen LogP contribution in [-0.4, -0.2) is 14.6 Å². The van der Waals surface area contributed by atoms with Gasteiger partial charge in [-0.3, -0.25) is 0 Å². The Morgan fingerprint density at radius 3 is 2.71 bits per heavy atom. The molecule has 7 heteroatoms. The zero-order valence-corrected chi connectivity index (χ0v) is 8.17. The van der Waals surface area contributed by atoms with Crippen LogP contribution in [0.1, 0.15) is 5.56 Å². The highest BCUT2D eigenvalue weighted by molar-refractivity contribution is 9.10. The Hall–Kier alpha value is -1.11. The van der Waals surface area contributed by atoms with Crippen molar-refractivity contribution in [1.82, 2.24) is 14.6 Å². The maximum Gasteiger partial charge on any atom is 0.421 e. The van der Waals surface area contributed by atoms with E-state index in [2.05, 4.69) is 26.0 Å². The van der Waals surface area contributed by atoms with Gasteiger partial charge in [0, 0.05) is 6.20 Å². The summed E-state index contributed by atoms with van der Waals surface area (Å²) in [5, 5.41) is 3.54. The number of fused-ring (bicyclic) bond motifs is 1. The fraction of sp³-hybridized carbons (Fsp3) is 0.143. The number of halogens is 4. The quantitative estimate of drug-likeness (QED) is 0.686. The Balaban J connectivity index is 2.73. The van der Waals surface area contributed by atoms with Crippen LogP contribution in [0.5, 0.6) is 0 Å². The van der Waals surface area contributed by atoms with Gasteiger partial charge >= 0.3 is 6.18 Å². The first-order chi connectivity index (χ1) is 6.48. The van der Waals surface area contributed by atoms with Crippen LogP contribution in [0.3, 0.4) is 0 Å². The fourth-order valence-corrected chi connectivity index (χ4v) is 1.33. The van der Waals surface area contributed by atoms with Gasteiger partial charge in [0.1, 0.15) is 10.2 Å². The predicted molar refractivity (Wildman–Crippen MR) is 45.7 cm³/mol. The molecule has 74 valence electrons. The summed E-state index contributed by atoms with van der Waals surface area (Å²) in [5.74, 6) is 0. The molecule has 14 heavy (non-hydrogen) atoms. The normalized spacial score (nSPS) is 12.3. The first-order valence-corrected chi connectivity index (χ1v) is 4.35. The Kier molecular flexibility index (Phi) is 1.99. The van der Waals surface area contributed by atoms with Gasteiger partial charge in [0.25, 0.3) is 0 Å². The van der Waals surface area contributed by atoms with Gasteiger partial charge in [-0.15, -0.1) is 0 Å². The Morgan fingerprint density at radius 1 is 1.36 bits per heavy atom. The summed E-state index contributed by atoms with van der Waals surface area (Å²) in [6.45, 7) is 0. The van der Waals surface area contributed by atoms with Crippen molar-refractivity contribution in [3.05, 3.63) is 28.6 Å². The van der Waals surface area contributed by atoms with Crippen molar-refractivity contribution >= 4 is 21.6 Å². The Bertz CT molecular complexity index is 476. The Labute approximate surface area is 84.7 Å². The number of hydrogen-bond acceptors (Lipinski definition) is 2. The van der Waals surface area contributed by atoms with E-state index < -0.39 is 11.7 Å². The van der Waals surface area contributed by atoms with E-state index in [0.29, 0.717) is 4.60 Å². The molecule has 0 aliphatic heterocycles. The standard InChI is InChI=1S/C7H3BrF3N3/c8-5-1-2-14-6(13-5)4(3-12-14)7(9,10)11/h1-3H. The molecule has 0 atom stereocenters. The van der Waals surface area contributed by atoms with Crippen LogP contribution in [0, 0.1) is 0 Å². The molecule has 0 amide bonds. The van der Waals surface area contributed by atoms with Crippen LogP contribution >= 0.6 is 15.9 Å². The molecule has 0 aliphatic rings. The summed E-state index contributed by atoms with van der Waals surface area (Å²) in [5.41, 5.74) is -1.04. The van der Waals surface area contributed by atoms with Crippen LogP contribution < -0.4 is 0 Å². The molecule has 2 rings (SSSR count). The molecule has 0 fully saturated rings. The van der Waals surface area contributed by atoms with E-state index in [-0.39, 0.29) is 5.65 Å². The van der Waals surface area contributed by atoms with Gasteiger partial charge in [-0.05, 0) is 22.0 Å². The molecule has 3 nitrogen and oxygen atoms in total. The van der Waals surface area contributed by atoms with Crippen molar-refractivity contribution in [2.24, 2.45) is 0 Å². The summed E-state index contributed by atoms with van der Waals surface area (Å²) in [6, 6.07) is 1.51. The first kappa shape index (κ1) is 9.45. The van der Waals surface area contributed by atoms with Crippen LogP contribution in [0.15, 0.2) is 23.1 Å². The highest BCUT2D eigenvalue weighted by atomic mass is 79.9. The van der Waals surface area contributed by atoms with Gasteiger partial charge < -0.3 is 0 Å². The topological polar surface area (TPSA) is 30.2 Å². The minimum absolute atomic E-state index is 0.202. The number of rotatable bonds is 0. The van der Waals surface area contributed by atoms with Crippen molar-refractivity contribution in [1.29, 1.82) is 0 Å². The third kappa shape index (κ3) is 1.47. The zero-order chi connectivity index (χ0) is 10.3. The van der Waals surface area contributed by atoms with Crippen molar-refractivity contribution in [3.8, 4) is 0 Å². The summed E-state index contributed by atoms with van der Waals surface area (Å²) in [7, 11) is 0. The fourth-order valence-electron chi connectivity index (χ4n) is 1.05. The lowest BCUT2D eigenvalue weighted by Crippen LogP contribution is -2.05. The van der Waals surface area contributed by atoms with Gasteiger partial charge in [0.2, 0.25) is 0 Å². The third-order valence-corrected chi connectivity index (χ3v) is 2.08. The van der Waals surface area contributed by atoms with E-state index in [0.717, 1.165) is 10.7 Å². The lowest BCUT2D eigenvalue weighted by Gasteiger charge is -2.02. The lowest BCUT2D eigenvalue weighted by atomic mass is 10.3. The van der Waals surface area contributed by atoms with E-state index in [1.165, 1.54) is 12.3 Å². The summed E-state index contributed by atoms with van der Waals surface area (Å²) < 4.78 is 38.5. The molecule has 0 aliphatic carbocycles. The van der Waals surface area contributed by atoms with Crippen molar-refractivity contribution < 1.29 is 13.2 Å². The monoisotopic (exact) mass is 265 g/mol. The van der Waals surface area contributed by atoms with E-state index in [1.807, 2.05) is 0 Å². The van der Waals surface area contributed by atoms with Gasteiger partial charge in [0.05, 0.1) is 6.20 Å². The molecule has 0 radical (unpaired) electrons. The second-order valence-electron chi connectivity index (χ2n) is 2.57. The second kappa shape index (κ2) is 2.94. The molecule has 0 unspecified atom stereocenters. The van der Waals surface area contributed by atoms with Gasteiger partial charge in [-0.25, -0.2) is 9.50 Å². The van der Waals surface area contributed by atoms with Gasteiger partial charge in [0.15, 0.2) is 5.65 Å². The van der Waals surface area contributed by atoms with Crippen LogP contribution in [0.25, 0.3) is 5.65 Å². The molecule has 2 aromatic heterocycles. The predicted octanol–water partition coefficient (Wildman–Crippen LogP) is 2.51. The number of alkyl halides is 3. The largest absolute Gasteiger partial charge is 0.421 e. The van der Waals surface area contributed by atoms with Crippen LogP contribution in [0.4, 0.5) is 13.2 Å². The highest BCUT2D eigenvalue weighted by Gasteiger charge is 2.35. The number of aromatic nitrogens is 3. The smallest absolute Gasteiger partial charge is 0.222 e. The molecule has 0 saturated heterocycles. The van der Waals surface area contributed by atoms with Crippen molar-refractivity contribution in [2.45, 2.75) is 6.18 Å². The molecule has 0 spiro atoms. The van der Waals surface area contributed by atoms with Gasteiger partial charge in [-0.1, -0.05) is 0 Å². The van der Waals surface area contributed by atoms with Crippen LogP contribution in [-0.2, 0) is 6.18 Å². The second-order valence-corrected chi connectivity index (χ2v) is 3.39. The average molecular weight is 266 g/mol. The van der Waals surface area contributed by atoms with Gasteiger partial charge in [-0.2, -0.15) is 18.3 Å². The summed E-state index contributed by atoms with van der Waals surface area (Å²) in [6.07, 6.45) is -2.26. The maximum absolute atomic E-state index is 12.4. The molecule has 0 bridgehead atoms. The molecule has 0 saturated carbocycles. The van der Waals surface area contributed by atoms with E-state index >= 15 is 0 Å². The zero-order valence-electron chi connectivity index (χ0n) is 6.59.